The second kappa shape index (κ2) is 10.2. The predicted octanol–water partition coefficient (Wildman–Crippen LogP) is 5.41. The van der Waals surface area contributed by atoms with Crippen LogP contribution in [0.15, 0.2) is 84.3 Å². The van der Waals surface area contributed by atoms with Crippen LogP contribution in [0.5, 0.6) is 11.5 Å². The first-order chi connectivity index (χ1) is 17.9. The number of anilines is 2. The van der Waals surface area contributed by atoms with Gasteiger partial charge in [-0.05, 0) is 55.7 Å². The second-order valence-electron chi connectivity index (χ2n) is 9.05. The number of para-hydroxylation sites is 1. The van der Waals surface area contributed by atoms with E-state index in [1.54, 1.807) is 11.8 Å². The van der Waals surface area contributed by atoms with Crippen molar-refractivity contribution in [2.75, 3.05) is 17.7 Å². The number of nitrogens with zero attached hydrogens (tertiary/aromatic N) is 3. The Bertz CT molecular complexity index is 1490. The van der Waals surface area contributed by atoms with Gasteiger partial charge in [0.15, 0.2) is 11.5 Å². The van der Waals surface area contributed by atoms with Crippen molar-refractivity contribution < 1.29 is 14.3 Å². The molecule has 1 atom stereocenters. The lowest BCUT2D eigenvalue weighted by atomic mass is 9.94. The molecule has 2 heterocycles. The van der Waals surface area contributed by atoms with E-state index >= 15 is 0 Å². The number of carbonyl (C=O) groups is 1. The summed E-state index contributed by atoms with van der Waals surface area (Å²) in [7, 11) is 1.61. The van der Waals surface area contributed by atoms with Crippen LogP contribution in [0, 0.1) is 13.8 Å². The number of rotatable bonds is 7. The number of allylic oxidation sites excluding steroid dienone is 1. The highest BCUT2D eigenvalue weighted by Crippen LogP contribution is 2.39. The lowest BCUT2D eigenvalue weighted by Crippen LogP contribution is -2.31. The van der Waals surface area contributed by atoms with E-state index in [2.05, 4.69) is 39.8 Å². The minimum atomic E-state index is -0.512. The molecule has 188 valence electrons. The van der Waals surface area contributed by atoms with E-state index < -0.39 is 6.04 Å². The average molecular weight is 496 g/mol. The van der Waals surface area contributed by atoms with Gasteiger partial charge in [0.1, 0.15) is 19.0 Å². The fourth-order valence-electron chi connectivity index (χ4n) is 4.53. The standard InChI is InChI=1S/C29H29N5O3/c1-18-8-7-10-21(14-18)16-37-24-13-12-22(15-25(24)36-4)27-26(20(3)32-29-30-17-31-34(27)29)28(35)33-23-11-6-5-9-19(23)2/h5-15,17,27H,16H2,1-4H3,(H,33,35)(H,30,31,32)/t27-/m0/s1. The number of nitrogens with one attached hydrogen (secondary N) is 2. The molecule has 0 aliphatic carbocycles. The summed E-state index contributed by atoms with van der Waals surface area (Å²) in [6.45, 7) is 6.30. The second-order valence-corrected chi connectivity index (χ2v) is 9.05. The van der Waals surface area contributed by atoms with Crippen LogP contribution >= 0.6 is 0 Å². The Morgan fingerprint density at radius 1 is 1.03 bits per heavy atom. The van der Waals surface area contributed by atoms with Crippen molar-refractivity contribution in [2.24, 2.45) is 0 Å². The van der Waals surface area contributed by atoms with E-state index in [1.165, 1.54) is 11.9 Å². The highest BCUT2D eigenvalue weighted by atomic mass is 16.5. The van der Waals surface area contributed by atoms with Gasteiger partial charge in [0.05, 0.1) is 12.7 Å². The third-order valence-electron chi connectivity index (χ3n) is 6.41. The summed E-state index contributed by atoms with van der Waals surface area (Å²) in [6, 6.07) is 21.1. The number of hydrogen-bond acceptors (Lipinski definition) is 6. The Labute approximate surface area is 216 Å². The van der Waals surface area contributed by atoms with Crippen LogP contribution in [0.1, 0.15) is 35.2 Å². The molecule has 0 saturated heterocycles. The third-order valence-corrected chi connectivity index (χ3v) is 6.41. The molecular weight excluding hydrogens is 466 g/mol. The van der Waals surface area contributed by atoms with Crippen molar-refractivity contribution >= 4 is 17.5 Å². The van der Waals surface area contributed by atoms with Crippen LogP contribution in [-0.2, 0) is 11.4 Å². The fourth-order valence-corrected chi connectivity index (χ4v) is 4.53. The van der Waals surface area contributed by atoms with Gasteiger partial charge in [0, 0.05) is 11.4 Å². The van der Waals surface area contributed by atoms with Gasteiger partial charge in [0.2, 0.25) is 5.95 Å². The van der Waals surface area contributed by atoms with E-state index in [1.807, 2.05) is 68.4 Å². The molecule has 0 unspecified atom stereocenters. The topological polar surface area (TPSA) is 90.3 Å². The SMILES string of the molecule is COc1cc([C@H]2C(C(=O)Nc3ccccc3C)=C(C)Nc3ncnn32)ccc1OCc1cccc(C)c1. The van der Waals surface area contributed by atoms with Crippen molar-refractivity contribution in [2.45, 2.75) is 33.4 Å². The molecule has 1 aromatic heterocycles. The van der Waals surface area contributed by atoms with E-state index in [0.29, 0.717) is 35.3 Å². The quantitative estimate of drug-likeness (QED) is 0.356. The van der Waals surface area contributed by atoms with Gasteiger partial charge in [0.25, 0.3) is 5.91 Å². The van der Waals surface area contributed by atoms with Crippen LogP contribution in [0.4, 0.5) is 11.6 Å². The first-order valence-corrected chi connectivity index (χ1v) is 12.0. The molecule has 4 aromatic rings. The zero-order chi connectivity index (χ0) is 25.9. The molecule has 1 amide bonds. The molecule has 0 fully saturated rings. The summed E-state index contributed by atoms with van der Waals surface area (Å²) in [4.78, 5) is 18.0. The van der Waals surface area contributed by atoms with E-state index in [0.717, 1.165) is 22.4 Å². The Hall–Kier alpha value is -4.59. The van der Waals surface area contributed by atoms with Crippen LogP contribution in [-0.4, -0.2) is 27.8 Å². The largest absolute Gasteiger partial charge is 0.493 e. The number of methoxy groups -OCH3 is 1. The van der Waals surface area contributed by atoms with E-state index in [4.69, 9.17) is 9.47 Å². The average Bonchev–Trinajstić information content (AvgIpc) is 3.36. The Kier molecular flexibility index (Phi) is 6.64. The molecule has 0 bridgehead atoms. The maximum atomic E-state index is 13.6. The van der Waals surface area contributed by atoms with Crippen molar-refractivity contribution in [3.05, 3.63) is 107 Å². The van der Waals surface area contributed by atoms with Gasteiger partial charge < -0.3 is 20.1 Å². The summed E-state index contributed by atoms with van der Waals surface area (Å²) >= 11 is 0. The number of aromatic nitrogens is 3. The maximum Gasteiger partial charge on any atom is 0.255 e. The lowest BCUT2D eigenvalue weighted by Gasteiger charge is -2.29. The zero-order valence-electron chi connectivity index (χ0n) is 21.3. The van der Waals surface area contributed by atoms with Crippen LogP contribution in [0.3, 0.4) is 0 Å². The molecule has 37 heavy (non-hydrogen) atoms. The van der Waals surface area contributed by atoms with E-state index in [9.17, 15) is 4.79 Å². The molecule has 5 rings (SSSR count). The lowest BCUT2D eigenvalue weighted by molar-refractivity contribution is -0.113. The smallest absolute Gasteiger partial charge is 0.255 e. The predicted molar refractivity (Wildman–Crippen MR) is 143 cm³/mol. The summed E-state index contributed by atoms with van der Waals surface area (Å²) in [5.74, 6) is 1.53. The maximum absolute atomic E-state index is 13.6. The van der Waals surface area contributed by atoms with Crippen LogP contribution < -0.4 is 20.1 Å². The molecule has 8 heteroatoms. The molecule has 1 aliphatic rings. The highest BCUT2D eigenvalue weighted by molar-refractivity contribution is 6.06. The van der Waals surface area contributed by atoms with Gasteiger partial charge in [-0.3, -0.25) is 4.79 Å². The van der Waals surface area contributed by atoms with E-state index in [-0.39, 0.29) is 5.91 Å². The molecule has 2 N–H and O–H groups in total. The number of fused-ring (bicyclic) bond motifs is 1. The minimum absolute atomic E-state index is 0.218. The van der Waals surface area contributed by atoms with Crippen molar-refractivity contribution in [3.63, 3.8) is 0 Å². The molecule has 0 saturated carbocycles. The summed E-state index contributed by atoms with van der Waals surface area (Å²) < 4.78 is 13.5. The Balaban J connectivity index is 1.48. The number of aryl methyl sites for hydroxylation is 2. The van der Waals surface area contributed by atoms with Crippen molar-refractivity contribution in [3.8, 4) is 11.5 Å². The van der Waals surface area contributed by atoms with Gasteiger partial charge in [-0.2, -0.15) is 10.1 Å². The molecule has 8 nitrogen and oxygen atoms in total. The molecule has 0 spiro atoms. The molecule has 1 aliphatic heterocycles. The number of hydrogen-bond donors (Lipinski definition) is 2. The first kappa shape index (κ1) is 24.1. The summed E-state index contributed by atoms with van der Waals surface area (Å²) in [5, 5.41) is 10.7. The van der Waals surface area contributed by atoms with Gasteiger partial charge in [-0.15, -0.1) is 0 Å². The van der Waals surface area contributed by atoms with Crippen molar-refractivity contribution in [1.29, 1.82) is 0 Å². The van der Waals surface area contributed by atoms with Crippen LogP contribution in [0.2, 0.25) is 0 Å². The molecule has 0 radical (unpaired) electrons. The Morgan fingerprint density at radius 2 is 1.86 bits per heavy atom. The zero-order valence-corrected chi connectivity index (χ0v) is 21.3. The number of ether oxygens (including phenoxy) is 2. The normalized spacial score (nSPS) is 14.5. The minimum Gasteiger partial charge on any atom is -0.493 e. The number of amides is 1. The first-order valence-electron chi connectivity index (χ1n) is 12.0. The van der Waals surface area contributed by atoms with Crippen molar-refractivity contribution in [1.82, 2.24) is 14.8 Å². The summed E-state index contributed by atoms with van der Waals surface area (Å²) in [6.07, 6.45) is 1.47. The molecular formula is C29H29N5O3. The van der Waals surface area contributed by atoms with Gasteiger partial charge >= 0.3 is 0 Å². The highest BCUT2D eigenvalue weighted by Gasteiger charge is 2.34. The van der Waals surface area contributed by atoms with Crippen LogP contribution in [0.25, 0.3) is 0 Å². The van der Waals surface area contributed by atoms with Gasteiger partial charge in [-0.1, -0.05) is 54.1 Å². The third kappa shape index (κ3) is 4.91. The van der Waals surface area contributed by atoms with Gasteiger partial charge in [-0.25, -0.2) is 4.68 Å². The monoisotopic (exact) mass is 495 g/mol. The number of benzene rings is 3. The fraction of sp³-hybridized carbons (Fsp3) is 0.207. The molecule has 3 aromatic carbocycles. The summed E-state index contributed by atoms with van der Waals surface area (Å²) in [5.41, 5.74) is 6.05. The Morgan fingerprint density at radius 3 is 2.65 bits per heavy atom. The number of carbonyl (C=O) groups excluding carboxylic acids is 1.